The molecule has 16 heavy (non-hydrogen) atoms. The lowest BCUT2D eigenvalue weighted by Crippen LogP contribution is -1.92. The predicted molar refractivity (Wildman–Crippen MR) is 57.5 cm³/mol. The van der Waals surface area contributed by atoms with Crippen LogP contribution in [0.5, 0.6) is 5.75 Å². The van der Waals surface area contributed by atoms with Gasteiger partial charge in [-0.25, -0.2) is 8.78 Å². The van der Waals surface area contributed by atoms with Crippen molar-refractivity contribution in [2.45, 2.75) is 18.8 Å². The molecular formula is C13H10F2O. The fraction of sp³-hybridized carbons (Fsp3) is 0.231. The highest BCUT2D eigenvalue weighted by Crippen LogP contribution is 2.46. The largest absolute Gasteiger partial charge is 0.507 e. The lowest BCUT2D eigenvalue weighted by Gasteiger charge is -2.09. The highest BCUT2D eigenvalue weighted by atomic mass is 19.2. The van der Waals surface area contributed by atoms with Crippen LogP contribution >= 0.6 is 0 Å². The van der Waals surface area contributed by atoms with Gasteiger partial charge in [-0.15, -0.1) is 0 Å². The molecule has 0 heterocycles. The molecule has 0 aromatic heterocycles. The molecule has 0 saturated heterocycles. The lowest BCUT2D eigenvalue weighted by atomic mass is 9.99. The van der Waals surface area contributed by atoms with Gasteiger partial charge in [0.2, 0.25) is 0 Å². The summed E-state index contributed by atoms with van der Waals surface area (Å²) in [5.41, 5.74) is 0.729. The van der Waals surface area contributed by atoms with Gasteiger partial charge in [0.25, 0.3) is 0 Å². The molecule has 1 fully saturated rings. The number of benzene rings is 2. The van der Waals surface area contributed by atoms with Gasteiger partial charge in [-0.05, 0) is 36.5 Å². The van der Waals surface area contributed by atoms with Gasteiger partial charge in [0.15, 0.2) is 11.6 Å². The normalized spacial score (nSPS) is 15.6. The first-order chi connectivity index (χ1) is 7.68. The van der Waals surface area contributed by atoms with Crippen LogP contribution in [0, 0.1) is 11.6 Å². The minimum atomic E-state index is -0.879. The maximum Gasteiger partial charge on any atom is 0.166 e. The standard InChI is InChI=1S/C13H10F2O/c14-10-6-9(7-4-5-7)12-8(13(10)15)2-1-3-11(12)16/h1-3,6-7,16H,4-5H2. The number of fused-ring (bicyclic) bond motifs is 1. The Bertz CT molecular complexity index is 574. The van der Waals surface area contributed by atoms with Crippen LogP contribution in [0.4, 0.5) is 8.78 Å². The van der Waals surface area contributed by atoms with Gasteiger partial charge in [-0.2, -0.15) is 0 Å². The van der Waals surface area contributed by atoms with Gasteiger partial charge in [0, 0.05) is 10.8 Å². The SMILES string of the molecule is Oc1cccc2c(F)c(F)cc(C3CC3)c12. The molecule has 0 aliphatic heterocycles. The molecule has 0 amide bonds. The average Bonchev–Trinajstić information content (AvgIpc) is 3.07. The van der Waals surface area contributed by atoms with E-state index in [0.717, 1.165) is 18.4 Å². The first-order valence-corrected chi connectivity index (χ1v) is 5.28. The van der Waals surface area contributed by atoms with E-state index in [0.29, 0.717) is 5.39 Å². The quantitative estimate of drug-likeness (QED) is 0.776. The van der Waals surface area contributed by atoms with Crippen molar-refractivity contribution in [3.05, 3.63) is 41.5 Å². The molecule has 3 heteroatoms. The van der Waals surface area contributed by atoms with E-state index in [4.69, 9.17) is 0 Å². The summed E-state index contributed by atoms with van der Waals surface area (Å²) in [6.45, 7) is 0. The summed E-state index contributed by atoms with van der Waals surface area (Å²) in [6.07, 6.45) is 1.96. The zero-order valence-electron chi connectivity index (χ0n) is 8.50. The molecule has 0 spiro atoms. The minimum absolute atomic E-state index is 0.0262. The molecule has 0 radical (unpaired) electrons. The molecule has 0 atom stereocenters. The summed E-state index contributed by atoms with van der Waals surface area (Å²) in [5, 5.41) is 10.4. The minimum Gasteiger partial charge on any atom is -0.507 e. The molecule has 3 rings (SSSR count). The zero-order valence-corrected chi connectivity index (χ0v) is 8.50. The first-order valence-electron chi connectivity index (χ1n) is 5.28. The van der Waals surface area contributed by atoms with Gasteiger partial charge in [0.05, 0.1) is 0 Å². The van der Waals surface area contributed by atoms with Crippen molar-refractivity contribution in [2.24, 2.45) is 0 Å². The van der Waals surface area contributed by atoms with E-state index in [2.05, 4.69) is 0 Å². The van der Waals surface area contributed by atoms with Crippen molar-refractivity contribution < 1.29 is 13.9 Å². The average molecular weight is 220 g/mol. The van der Waals surface area contributed by atoms with E-state index in [1.165, 1.54) is 24.3 Å². The van der Waals surface area contributed by atoms with Gasteiger partial charge >= 0.3 is 0 Å². The number of aromatic hydroxyl groups is 1. The zero-order chi connectivity index (χ0) is 11.3. The smallest absolute Gasteiger partial charge is 0.166 e. The third-order valence-electron chi connectivity index (χ3n) is 3.08. The molecule has 82 valence electrons. The maximum absolute atomic E-state index is 13.6. The van der Waals surface area contributed by atoms with E-state index < -0.39 is 11.6 Å². The summed E-state index contributed by atoms with van der Waals surface area (Å²) in [6, 6.07) is 5.75. The molecule has 1 saturated carbocycles. The molecule has 1 aliphatic carbocycles. The van der Waals surface area contributed by atoms with Crippen molar-refractivity contribution in [1.29, 1.82) is 0 Å². The first kappa shape index (κ1) is 9.58. The van der Waals surface area contributed by atoms with Crippen molar-refractivity contribution in [1.82, 2.24) is 0 Å². The molecule has 2 aromatic carbocycles. The van der Waals surface area contributed by atoms with Crippen LogP contribution in [0.2, 0.25) is 0 Å². The van der Waals surface area contributed by atoms with Gasteiger partial charge in [-0.1, -0.05) is 12.1 Å². The number of rotatable bonds is 1. The van der Waals surface area contributed by atoms with Crippen LogP contribution in [0.25, 0.3) is 10.8 Å². The summed E-state index contributed by atoms with van der Waals surface area (Å²) in [4.78, 5) is 0. The van der Waals surface area contributed by atoms with E-state index in [1.54, 1.807) is 0 Å². The Morgan fingerprint density at radius 2 is 1.94 bits per heavy atom. The van der Waals surface area contributed by atoms with Crippen molar-refractivity contribution in [2.75, 3.05) is 0 Å². The fourth-order valence-corrected chi connectivity index (χ4v) is 2.14. The van der Waals surface area contributed by atoms with Gasteiger partial charge in [0.1, 0.15) is 5.75 Å². The number of phenols is 1. The van der Waals surface area contributed by atoms with E-state index in [-0.39, 0.29) is 17.1 Å². The van der Waals surface area contributed by atoms with Crippen LogP contribution in [0.15, 0.2) is 24.3 Å². The summed E-state index contributed by atoms with van der Waals surface area (Å²) in [7, 11) is 0. The molecule has 1 nitrogen and oxygen atoms in total. The predicted octanol–water partition coefficient (Wildman–Crippen LogP) is 3.70. The molecule has 0 bridgehead atoms. The molecule has 0 unspecified atom stereocenters. The highest BCUT2D eigenvalue weighted by molar-refractivity contribution is 5.92. The van der Waals surface area contributed by atoms with Crippen LogP contribution < -0.4 is 0 Å². The number of phenolic OH excluding ortho intramolecular Hbond substituents is 1. The van der Waals surface area contributed by atoms with Crippen molar-refractivity contribution in [3.8, 4) is 5.75 Å². The second kappa shape index (κ2) is 3.17. The number of hydrogen-bond acceptors (Lipinski definition) is 1. The van der Waals surface area contributed by atoms with Gasteiger partial charge in [-0.3, -0.25) is 0 Å². The molecule has 2 aromatic rings. The van der Waals surface area contributed by atoms with E-state index in [1.807, 2.05) is 0 Å². The third kappa shape index (κ3) is 1.28. The Balaban J connectivity index is 2.44. The molecular weight excluding hydrogens is 210 g/mol. The monoisotopic (exact) mass is 220 g/mol. The Hall–Kier alpha value is -1.64. The fourth-order valence-electron chi connectivity index (χ4n) is 2.14. The Labute approximate surface area is 91.3 Å². The Kier molecular flexibility index (Phi) is 1.90. The summed E-state index contributed by atoms with van der Waals surface area (Å²) >= 11 is 0. The van der Waals surface area contributed by atoms with Crippen molar-refractivity contribution >= 4 is 10.8 Å². The van der Waals surface area contributed by atoms with Crippen LogP contribution in [0.3, 0.4) is 0 Å². The topological polar surface area (TPSA) is 20.2 Å². The Morgan fingerprint density at radius 3 is 2.62 bits per heavy atom. The van der Waals surface area contributed by atoms with Crippen LogP contribution in [0.1, 0.15) is 24.3 Å². The van der Waals surface area contributed by atoms with E-state index >= 15 is 0 Å². The maximum atomic E-state index is 13.6. The molecule has 1 N–H and O–H groups in total. The summed E-state index contributed by atoms with van der Waals surface area (Å²) in [5.74, 6) is -1.42. The van der Waals surface area contributed by atoms with Gasteiger partial charge < -0.3 is 5.11 Å². The second-order valence-corrected chi connectivity index (χ2v) is 4.24. The highest BCUT2D eigenvalue weighted by Gasteiger charge is 2.28. The second-order valence-electron chi connectivity index (χ2n) is 4.24. The summed E-state index contributed by atoms with van der Waals surface area (Å²) < 4.78 is 26.9. The lowest BCUT2D eigenvalue weighted by molar-refractivity contribution is 0.479. The number of halogens is 2. The Morgan fingerprint density at radius 1 is 1.19 bits per heavy atom. The van der Waals surface area contributed by atoms with Crippen LogP contribution in [-0.2, 0) is 0 Å². The number of hydrogen-bond donors (Lipinski definition) is 1. The third-order valence-corrected chi connectivity index (χ3v) is 3.08. The van der Waals surface area contributed by atoms with Crippen LogP contribution in [-0.4, -0.2) is 5.11 Å². The van der Waals surface area contributed by atoms with Crippen molar-refractivity contribution in [3.63, 3.8) is 0 Å². The van der Waals surface area contributed by atoms with E-state index in [9.17, 15) is 13.9 Å². The molecule has 1 aliphatic rings.